The number of benzene rings is 1. The number of aryl methyl sites for hydroxylation is 1. The Balaban J connectivity index is 1.86. The number of hydrogen-bond acceptors (Lipinski definition) is 3. The minimum Gasteiger partial charge on any atom is -0.351 e. The predicted molar refractivity (Wildman–Crippen MR) is 77.3 cm³/mol. The molecule has 0 atom stereocenters. The number of rotatable bonds is 3. The maximum Gasteiger partial charge on any atom is 0.205 e. The lowest BCUT2D eigenvalue weighted by atomic mass is 10.2. The van der Waals surface area contributed by atoms with Gasteiger partial charge < -0.3 is 5.32 Å². The molecule has 1 N–H and O–H groups in total. The Labute approximate surface area is 116 Å². The van der Waals surface area contributed by atoms with E-state index >= 15 is 0 Å². The van der Waals surface area contributed by atoms with Gasteiger partial charge in [0.05, 0.1) is 0 Å². The molecule has 19 heavy (non-hydrogen) atoms. The first-order chi connectivity index (χ1) is 9.25. The molecule has 2 heterocycles. The fraction of sp³-hybridized carbons (Fsp3) is 0.143. The van der Waals surface area contributed by atoms with Crippen LogP contribution < -0.4 is 5.32 Å². The summed E-state index contributed by atoms with van der Waals surface area (Å²) in [6, 6.07) is 11.6. The van der Waals surface area contributed by atoms with Crippen molar-refractivity contribution in [2.45, 2.75) is 6.54 Å². The van der Waals surface area contributed by atoms with Crippen LogP contribution in [0.1, 0.15) is 5.56 Å². The molecule has 96 valence electrons. The summed E-state index contributed by atoms with van der Waals surface area (Å²) < 4.78 is 1.94. The molecule has 0 aliphatic rings. The van der Waals surface area contributed by atoms with Gasteiger partial charge in [-0.1, -0.05) is 29.8 Å². The fourth-order valence-electron chi connectivity index (χ4n) is 2.00. The third-order valence-electron chi connectivity index (χ3n) is 3.02. The van der Waals surface area contributed by atoms with E-state index in [4.69, 9.17) is 11.6 Å². The lowest BCUT2D eigenvalue weighted by molar-refractivity contribution is 0.915. The SMILES string of the molecule is Cn1c(NCc2ccccc2Cl)nc2cccnc21. The third kappa shape index (κ3) is 2.27. The van der Waals surface area contributed by atoms with Crippen LogP contribution in [0.5, 0.6) is 0 Å². The van der Waals surface area contributed by atoms with Gasteiger partial charge in [0, 0.05) is 24.8 Å². The van der Waals surface area contributed by atoms with E-state index in [9.17, 15) is 0 Å². The van der Waals surface area contributed by atoms with E-state index in [-0.39, 0.29) is 0 Å². The van der Waals surface area contributed by atoms with Crippen LogP contribution in [0.3, 0.4) is 0 Å². The van der Waals surface area contributed by atoms with Gasteiger partial charge in [-0.15, -0.1) is 0 Å². The highest BCUT2D eigenvalue weighted by molar-refractivity contribution is 6.31. The van der Waals surface area contributed by atoms with Gasteiger partial charge in [0.2, 0.25) is 5.95 Å². The zero-order valence-electron chi connectivity index (χ0n) is 10.5. The molecule has 0 saturated heterocycles. The Hall–Kier alpha value is -2.07. The summed E-state index contributed by atoms with van der Waals surface area (Å²) in [6.45, 7) is 0.636. The Bertz CT molecular complexity index is 720. The highest BCUT2D eigenvalue weighted by atomic mass is 35.5. The minimum atomic E-state index is 0.636. The first kappa shape index (κ1) is 12.0. The van der Waals surface area contributed by atoms with Crippen LogP contribution in [0, 0.1) is 0 Å². The van der Waals surface area contributed by atoms with Crippen LogP contribution in [0.2, 0.25) is 5.02 Å². The molecule has 3 aromatic rings. The van der Waals surface area contributed by atoms with Crippen LogP contribution in [0.15, 0.2) is 42.6 Å². The van der Waals surface area contributed by atoms with Gasteiger partial charge in [-0.05, 0) is 23.8 Å². The van der Waals surface area contributed by atoms with Crippen molar-refractivity contribution < 1.29 is 0 Å². The quantitative estimate of drug-likeness (QED) is 0.796. The van der Waals surface area contributed by atoms with Crippen molar-refractivity contribution in [2.24, 2.45) is 7.05 Å². The maximum atomic E-state index is 6.13. The fourth-order valence-corrected chi connectivity index (χ4v) is 2.20. The van der Waals surface area contributed by atoms with Crippen molar-refractivity contribution >= 4 is 28.7 Å². The molecule has 0 unspecified atom stereocenters. The second-order valence-corrected chi connectivity index (χ2v) is 4.69. The highest BCUT2D eigenvalue weighted by Crippen LogP contribution is 2.19. The van der Waals surface area contributed by atoms with Gasteiger partial charge >= 0.3 is 0 Å². The van der Waals surface area contributed by atoms with Gasteiger partial charge in [-0.3, -0.25) is 4.57 Å². The molecule has 0 amide bonds. The van der Waals surface area contributed by atoms with Crippen molar-refractivity contribution in [1.82, 2.24) is 14.5 Å². The third-order valence-corrected chi connectivity index (χ3v) is 3.39. The average molecular weight is 273 g/mol. The number of pyridine rings is 1. The molecule has 0 bridgehead atoms. The number of nitrogens with one attached hydrogen (secondary N) is 1. The summed E-state index contributed by atoms with van der Waals surface area (Å²) in [5, 5.41) is 4.04. The molecule has 0 radical (unpaired) electrons. The van der Waals surface area contributed by atoms with Crippen molar-refractivity contribution in [1.29, 1.82) is 0 Å². The molecule has 2 aromatic heterocycles. The number of nitrogens with zero attached hydrogens (tertiary/aromatic N) is 3. The van der Waals surface area contributed by atoms with E-state index < -0.39 is 0 Å². The van der Waals surface area contributed by atoms with E-state index in [1.807, 2.05) is 48.0 Å². The zero-order valence-corrected chi connectivity index (χ0v) is 11.2. The van der Waals surface area contributed by atoms with Gasteiger partial charge in [-0.2, -0.15) is 0 Å². The maximum absolute atomic E-state index is 6.13. The van der Waals surface area contributed by atoms with Crippen molar-refractivity contribution in [3.05, 3.63) is 53.2 Å². The molecule has 4 nitrogen and oxygen atoms in total. The largest absolute Gasteiger partial charge is 0.351 e. The smallest absolute Gasteiger partial charge is 0.205 e. The van der Waals surface area contributed by atoms with E-state index in [2.05, 4.69) is 15.3 Å². The summed E-state index contributed by atoms with van der Waals surface area (Å²) in [4.78, 5) is 8.81. The molecule has 0 fully saturated rings. The molecule has 0 aliphatic carbocycles. The molecule has 0 spiro atoms. The second kappa shape index (κ2) is 4.90. The van der Waals surface area contributed by atoms with Crippen LogP contribution >= 0.6 is 11.6 Å². The van der Waals surface area contributed by atoms with Crippen LogP contribution in [0.25, 0.3) is 11.2 Å². The van der Waals surface area contributed by atoms with Crippen molar-refractivity contribution in [3.63, 3.8) is 0 Å². The Morgan fingerprint density at radius 2 is 2.05 bits per heavy atom. The monoisotopic (exact) mass is 272 g/mol. The molecule has 0 aliphatic heterocycles. The Morgan fingerprint density at radius 3 is 2.84 bits per heavy atom. The topological polar surface area (TPSA) is 42.7 Å². The van der Waals surface area contributed by atoms with E-state index in [1.54, 1.807) is 6.20 Å². The Kier molecular flexibility index (Phi) is 3.09. The van der Waals surface area contributed by atoms with Crippen LogP contribution in [-0.2, 0) is 13.6 Å². The lowest BCUT2D eigenvalue weighted by Gasteiger charge is -2.07. The first-order valence-electron chi connectivity index (χ1n) is 6.00. The minimum absolute atomic E-state index is 0.636. The average Bonchev–Trinajstić information content (AvgIpc) is 2.75. The summed E-state index contributed by atoms with van der Waals surface area (Å²) in [6.07, 6.45) is 1.77. The number of anilines is 1. The summed E-state index contributed by atoms with van der Waals surface area (Å²) in [5.41, 5.74) is 2.79. The summed E-state index contributed by atoms with van der Waals surface area (Å²) >= 11 is 6.13. The number of hydrogen-bond donors (Lipinski definition) is 1. The van der Waals surface area contributed by atoms with Gasteiger partial charge in [0.25, 0.3) is 0 Å². The van der Waals surface area contributed by atoms with E-state index in [0.717, 1.165) is 27.7 Å². The second-order valence-electron chi connectivity index (χ2n) is 4.29. The van der Waals surface area contributed by atoms with E-state index in [0.29, 0.717) is 6.54 Å². The molecule has 3 rings (SSSR count). The normalized spacial score (nSPS) is 10.8. The number of imidazole rings is 1. The zero-order chi connectivity index (χ0) is 13.2. The molecular formula is C14H13ClN4. The predicted octanol–water partition coefficient (Wildman–Crippen LogP) is 3.23. The Morgan fingerprint density at radius 1 is 1.21 bits per heavy atom. The molecule has 5 heteroatoms. The van der Waals surface area contributed by atoms with Crippen molar-refractivity contribution in [2.75, 3.05) is 5.32 Å². The first-order valence-corrected chi connectivity index (χ1v) is 6.38. The van der Waals surface area contributed by atoms with Gasteiger partial charge in [0.1, 0.15) is 5.52 Å². The standard InChI is InChI=1S/C14H13ClN4/c1-19-13-12(7-4-8-16-13)18-14(19)17-9-10-5-2-3-6-11(10)15/h2-8H,9H2,1H3,(H,17,18). The van der Waals surface area contributed by atoms with Crippen LogP contribution in [-0.4, -0.2) is 14.5 Å². The number of fused-ring (bicyclic) bond motifs is 1. The van der Waals surface area contributed by atoms with Crippen LogP contribution in [0.4, 0.5) is 5.95 Å². The molecule has 0 saturated carbocycles. The van der Waals surface area contributed by atoms with Gasteiger partial charge in [0.15, 0.2) is 5.65 Å². The number of halogens is 1. The lowest BCUT2D eigenvalue weighted by Crippen LogP contribution is -2.05. The molecule has 1 aromatic carbocycles. The van der Waals surface area contributed by atoms with E-state index in [1.165, 1.54) is 0 Å². The van der Waals surface area contributed by atoms with Gasteiger partial charge in [-0.25, -0.2) is 9.97 Å². The number of aromatic nitrogens is 3. The highest BCUT2D eigenvalue weighted by Gasteiger charge is 2.08. The van der Waals surface area contributed by atoms with Crippen molar-refractivity contribution in [3.8, 4) is 0 Å². The summed E-state index contributed by atoms with van der Waals surface area (Å²) in [7, 11) is 1.94. The summed E-state index contributed by atoms with van der Waals surface area (Å²) in [5.74, 6) is 0.786. The molecular weight excluding hydrogens is 260 g/mol.